The zero-order chi connectivity index (χ0) is 14.6. The van der Waals surface area contributed by atoms with Gasteiger partial charge in [-0.1, -0.05) is 18.2 Å². The van der Waals surface area contributed by atoms with Crippen molar-refractivity contribution in [3.63, 3.8) is 0 Å². The van der Waals surface area contributed by atoms with Crippen LogP contribution in [0, 0.1) is 11.3 Å². The summed E-state index contributed by atoms with van der Waals surface area (Å²) >= 11 is 0. The topological polar surface area (TPSA) is 48.7 Å². The first-order chi connectivity index (χ1) is 9.50. The summed E-state index contributed by atoms with van der Waals surface area (Å²) in [5.41, 5.74) is 0.154. The second-order valence-corrected chi connectivity index (χ2v) is 4.07. The van der Waals surface area contributed by atoms with Crippen LogP contribution < -0.4 is 5.32 Å². The van der Waals surface area contributed by atoms with Gasteiger partial charge in [-0.05, 0) is 29.8 Å². The van der Waals surface area contributed by atoms with E-state index in [4.69, 9.17) is 5.26 Å². The number of halogens is 3. The highest BCUT2D eigenvalue weighted by atomic mass is 19.4. The predicted molar refractivity (Wildman–Crippen MR) is 67.8 cm³/mol. The number of alkyl halides is 3. The maximum atomic E-state index is 13.2. The number of nitriles is 1. The summed E-state index contributed by atoms with van der Waals surface area (Å²) in [4.78, 5) is 3.82. The Balaban J connectivity index is 2.36. The first-order valence-corrected chi connectivity index (χ1v) is 5.75. The van der Waals surface area contributed by atoms with Crippen LogP contribution in [0.15, 0.2) is 48.7 Å². The van der Waals surface area contributed by atoms with Gasteiger partial charge in [0, 0.05) is 6.20 Å². The molecule has 1 aromatic carbocycles. The quantitative estimate of drug-likeness (QED) is 0.931. The molecule has 2 rings (SSSR count). The predicted octanol–water partition coefficient (Wildman–Crippen LogP) is 3.67. The second kappa shape index (κ2) is 5.61. The van der Waals surface area contributed by atoms with Gasteiger partial charge in [0.15, 0.2) is 0 Å². The maximum Gasteiger partial charge on any atom is 0.412 e. The molecule has 1 atom stereocenters. The molecule has 0 saturated carbocycles. The van der Waals surface area contributed by atoms with Crippen molar-refractivity contribution in [2.24, 2.45) is 0 Å². The summed E-state index contributed by atoms with van der Waals surface area (Å²) in [6.45, 7) is 0. The van der Waals surface area contributed by atoms with Gasteiger partial charge >= 0.3 is 6.18 Å². The molecular formula is C14H10F3N3. The second-order valence-electron chi connectivity index (χ2n) is 4.07. The van der Waals surface area contributed by atoms with Crippen molar-refractivity contribution in [1.29, 1.82) is 5.26 Å². The van der Waals surface area contributed by atoms with Gasteiger partial charge < -0.3 is 5.32 Å². The maximum absolute atomic E-state index is 13.2. The fourth-order valence-electron chi connectivity index (χ4n) is 1.74. The molecule has 0 bridgehead atoms. The molecule has 0 spiro atoms. The molecule has 0 saturated heterocycles. The van der Waals surface area contributed by atoms with E-state index in [9.17, 15) is 13.2 Å². The molecule has 1 N–H and O–H groups in total. The van der Waals surface area contributed by atoms with Gasteiger partial charge in [-0.3, -0.25) is 0 Å². The Labute approximate surface area is 113 Å². The molecule has 1 heterocycles. The van der Waals surface area contributed by atoms with Crippen LogP contribution in [0.5, 0.6) is 0 Å². The van der Waals surface area contributed by atoms with Gasteiger partial charge in [-0.2, -0.15) is 18.4 Å². The number of hydrogen-bond acceptors (Lipinski definition) is 3. The third kappa shape index (κ3) is 3.26. The molecule has 3 nitrogen and oxygen atoms in total. The summed E-state index contributed by atoms with van der Waals surface area (Å²) < 4.78 is 39.5. The number of nitrogens with zero attached hydrogens (tertiary/aromatic N) is 2. The molecule has 2 aromatic rings. The number of anilines is 1. The monoisotopic (exact) mass is 277 g/mol. The molecule has 0 aliphatic heterocycles. The Hall–Kier alpha value is -2.55. The highest BCUT2D eigenvalue weighted by molar-refractivity contribution is 5.41. The molecule has 0 aliphatic rings. The fourth-order valence-corrected chi connectivity index (χ4v) is 1.74. The molecule has 0 amide bonds. The molecule has 102 valence electrons. The van der Waals surface area contributed by atoms with Crippen molar-refractivity contribution in [2.75, 3.05) is 5.32 Å². The van der Waals surface area contributed by atoms with Crippen molar-refractivity contribution in [3.05, 3.63) is 59.8 Å². The van der Waals surface area contributed by atoms with Gasteiger partial charge in [0.05, 0.1) is 11.6 Å². The van der Waals surface area contributed by atoms with E-state index in [0.717, 1.165) is 0 Å². The van der Waals surface area contributed by atoms with Gasteiger partial charge in [0.25, 0.3) is 0 Å². The van der Waals surface area contributed by atoms with E-state index >= 15 is 0 Å². The molecule has 20 heavy (non-hydrogen) atoms. The van der Waals surface area contributed by atoms with E-state index in [1.54, 1.807) is 12.1 Å². The SMILES string of the molecule is N#Cc1cccc(C(Nc2ccccn2)C(F)(F)F)c1. The summed E-state index contributed by atoms with van der Waals surface area (Å²) in [6.07, 6.45) is -3.09. The lowest BCUT2D eigenvalue weighted by Gasteiger charge is -2.22. The fraction of sp³-hybridized carbons (Fsp3) is 0.143. The Morgan fingerprint density at radius 3 is 2.55 bits per heavy atom. The molecule has 0 aliphatic carbocycles. The summed E-state index contributed by atoms with van der Waals surface area (Å²) in [5, 5.41) is 11.1. The van der Waals surface area contributed by atoms with Crippen LogP contribution in [-0.2, 0) is 0 Å². The summed E-state index contributed by atoms with van der Waals surface area (Å²) in [7, 11) is 0. The highest BCUT2D eigenvalue weighted by Crippen LogP contribution is 2.35. The number of benzene rings is 1. The van der Waals surface area contributed by atoms with Crippen molar-refractivity contribution in [2.45, 2.75) is 12.2 Å². The van der Waals surface area contributed by atoms with Gasteiger partial charge in [0.2, 0.25) is 0 Å². The highest BCUT2D eigenvalue weighted by Gasteiger charge is 2.41. The Morgan fingerprint density at radius 1 is 1.15 bits per heavy atom. The van der Waals surface area contributed by atoms with Crippen molar-refractivity contribution >= 4 is 5.82 Å². The number of hydrogen-bond donors (Lipinski definition) is 1. The molecular weight excluding hydrogens is 267 g/mol. The molecule has 1 aromatic heterocycles. The van der Waals surface area contributed by atoms with Crippen LogP contribution in [0.1, 0.15) is 17.2 Å². The third-order valence-electron chi connectivity index (χ3n) is 2.63. The number of aromatic nitrogens is 1. The smallest absolute Gasteiger partial charge is 0.355 e. The van der Waals surface area contributed by atoms with Gasteiger partial charge in [-0.25, -0.2) is 4.98 Å². The van der Waals surface area contributed by atoms with Gasteiger partial charge in [-0.15, -0.1) is 0 Å². The Morgan fingerprint density at radius 2 is 1.95 bits per heavy atom. The zero-order valence-electron chi connectivity index (χ0n) is 10.2. The van der Waals surface area contributed by atoms with Crippen molar-refractivity contribution < 1.29 is 13.2 Å². The van der Waals surface area contributed by atoms with E-state index in [0.29, 0.717) is 0 Å². The van der Waals surface area contributed by atoms with E-state index in [2.05, 4.69) is 10.3 Å². The molecule has 1 unspecified atom stereocenters. The lowest BCUT2D eigenvalue weighted by molar-refractivity contribution is -0.144. The molecule has 0 fully saturated rings. The summed E-state index contributed by atoms with van der Waals surface area (Å²) in [5.74, 6) is 0.122. The lowest BCUT2D eigenvalue weighted by Crippen LogP contribution is -2.28. The molecule has 0 radical (unpaired) electrons. The van der Waals surface area contributed by atoms with Crippen LogP contribution in [0.3, 0.4) is 0 Å². The first kappa shape index (κ1) is 13.9. The van der Waals surface area contributed by atoms with E-state index in [-0.39, 0.29) is 16.9 Å². The summed E-state index contributed by atoms with van der Waals surface area (Å²) in [6, 6.07) is 10.00. The zero-order valence-corrected chi connectivity index (χ0v) is 10.2. The van der Waals surface area contributed by atoms with Crippen LogP contribution in [-0.4, -0.2) is 11.2 Å². The van der Waals surface area contributed by atoms with Crippen molar-refractivity contribution in [3.8, 4) is 6.07 Å². The van der Waals surface area contributed by atoms with E-state index in [1.807, 2.05) is 6.07 Å². The number of rotatable bonds is 3. The lowest BCUT2D eigenvalue weighted by atomic mass is 10.0. The van der Waals surface area contributed by atoms with Gasteiger partial charge in [0.1, 0.15) is 11.9 Å². The van der Waals surface area contributed by atoms with Crippen LogP contribution in [0.4, 0.5) is 19.0 Å². The average molecular weight is 277 g/mol. The average Bonchev–Trinajstić information content (AvgIpc) is 2.45. The normalized spacial score (nSPS) is 12.5. The van der Waals surface area contributed by atoms with Crippen LogP contribution in [0.25, 0.3) is 0 Å². The third-order valence-corrected chi connectivity index (χ3v) is 2.63. The van der Waals surface area contributed by atoms with Crippen molar-refractivity contribution in [1.82, 2.24) is 4.98 Å². The van der Waals surface area contributed by atoms with E-state index in [1.165, 1.54) is 36.5 Å². The van der Waals surface area contributed by atoms with Crippen LogP contribution in [0.2, 0.25) is 0 Å². The first-order valence-electron chi connectivity index (χ1n) is 5.75. The Bertz CT molecular complexity index is 618. The standard InChI is InChI=1S/C14H10F3N3/c15-14(16,17)13(20-12-6-1-2-7-19-12)11-5-3-4-10(8-11)9-18/h1-8,13H,(H,19,20). The number of nitrogens with one attached hydrogen (secondary N) is 1. The Kier molecular flexibility index (Phi) is 3.89. The number of pyridine rings is 1. The molecule has 6 heteroatoms. The minimum atomic E-state index is -4.49. The minimum Gasteiger partial charge on any atom is -0.355 e. The minimum absolute atomic E-state index is 0.0257. The van der Waals surface area contributed by atoms with Crippen LogP contribution >= 0.6 is 0 Å². The van der Waals surface area contributed by atoms with E-state index < -0.39 is 12.2 Å². The largest absolute Gasteiger partial charge is 0.412 e.